The first-order valence-corrected chi connectivity index (χ1v) is 10.1. The van der Waals surface area contributed by atoms with Gasteiger partial charge in [0.1, 0.15) is 22.7 Å². The molecule has 2 aromatic carbocycles. The second-order valence-electron chi connectivity index (χ2n) is 6.36. The molecule has 30 heavy (non-hydrogen) atoms. The van der Waals surface area contributed by atoms with Gasteiger partial charge in [0.2, 0.25) is 0 Å². The minimum atomic E-state index is -4.98. The highest BCUT2D eigenvalue weighted by Crippen LogP contribution is 2.31. The third kappa shape index (κ3) is 6.76. The summed E-state index contributed by atoms with van der Waals surface area (Å²) in [6.45, 7) is -0.322. The van der Waals surface area contributed by atoms with E-state index in [0.29, 0.717) is 11.3 Å². The van der Waals surface area contributed by atoms with Crippen LogP contribution in [0, 0.1) is 0 Å². The largest absolute Gasteiger partial charge is 0.471 e. The van der Waals surface area contributed by atoms with Crippen LogP contribution in [0.5, 0.6) is 11.5 Å². The van der Waals surface area contributed by atoms with Gasteiger partial charge in [-0.15, -0.1) is 4.40 Å². The molecule has 162 valence electrons. The molecule has 2 rings (SSSR count). The normalized spacial score (nSPS) is 12.0. The molecule has 0 radical (unpaired) electrons. The zero-order chi connectivity index (χ0) is 22.4. The average molecular weight is 443 g/mol. The van der Waals surface area contributed by atoms with E-state index in [2.05, 4.69) is 4.40 Å². The molecule has 11 heteroatoms. The van der Waals surface area contributed by atoms with Gasteiger partial charge in [0.25, 0.3) is 10.0 Å². The molecule has 0 fully saturated rings. The van der Waals surface area contributed by atoms with Crippen LogP contribution in [0.2, 0.25) is 0 Å². The summed E-state index contributed by atoms with van der Waals surface area (Å²) in [4.78, 5) is 12.1. The van der Waals surface area contributed by atoms with Gasteiger partial charge in [0.15, 0.2) is 0 Å². The Hall–Kier alpha value is -3.08. The minimum absolute atomic E-state index is 0.0141. The molecule has 1 amide bonds. The summed E-state index contributed by atoms with van der Waals surface area (Å²) in [7, 11) is -0.963. The maximum Gasteiger partial charge on any atom is 0.471 e. The van der Waals surface area contributed by atoms with E-state index in [1.807, 2.05) is 0 Å². The van der Waals surface area contributed by atoms with Gasteiger partial charge in [0, 0.05) is 20.6 Å². The maximum absolute atomic E-state index is 12.7. The SMILES string of the molecule is CN(C)C=NS(=O)(=O)c1cc(CCNC(=O)C(F)(F)F)ccc1Oc1ccccc1. The smallest absolute Gasteiger partial charge is 0.456 e. The lowest BCUT2D eigenvalue weighted by atomic mass is 10.1. The summed E-state index contributed by atoms with van der Waals surface area (Å²) in [6, 6.07) is 12.6. The van der Waals surface area contributed by atoms with E-state index in [1.165, 1.54) is 23.1 Å². The molecule has 0 aromatic heterocycles. The van der Waals surface area contributed by atoms with E-state index >= 15 is 0 Å². The Bertz CT molecular complexity index is 1010. The van der Waals surface area contributed by atoms with Crippen LogP contribution in [0.15, 0.2) is 57.8 Å². The van der Waals surface area contributed by atoms with E-state index in [1.54, 1.807) is 49.7 Å². The van der Waals surface area contributed by atoms with Gasteiger partial charge in [-0.2, -0.15) is 21.6 Å². The van der Waals surface area contributed by atoms with Gasteiger partial charge >= 0.3 is 12.1 Å². The van der Waals surface area contributed by atoms with Crippen LogP contribution in [0.25, 0.3) is 0 Å². The Kier molecular flexibility index (Phi) is 7.43. The lowest BCUT2D eigenvalue weighted by molar-refractivity contribution is -0.173. The molecule has 0 heterocycles. The predicted molar refractivity (Wildman–Crippen MR) is 105 cm³/mol. The molecule has 0 aliphatic rings. The molecule has 0 bridgehead atoms. The number of halogens is 3. The fourth-order valence-electron chi connectivity index (χ4n) is 2.24. The first kappa shape index (κ1) is 23.2. The van der Waals surface area contributed by atoms with E-state index in [0.717, 1.165) is 6.34 Å². The topological polar surface area (TPSA) is 88.1 Å². The number of alkyl halides is 3. The predicted octanol–water partition coefficient (Wildman–Crippen LogP) is 2.98. The lowest BCUT2D eigenvalue weighted by Gasteiger charge is -2.13. The first-order chi connectivity index (χ1) is 14.0. The van der Waals surface area contributed by atoms with Crippen molar-refractivity contribution in [3.63, 3.8) is 0 Å². The Morgan fingerprint density at radius 3 is 2.43 bits per heavy atom. The number of hydrogen-bond acceptors (Lipinski definition) is 4. The van der Waals surface area contributed by atoms with E-state index < -0.39 is 22.1 Å². The monoisotopic (exact) mass is 443 g/mol. The van der Waals surface area contributed by atoms with Crippen LogP contribution in [0.4, 0.5) is 13.2 Å². The van der Waals surface area contributed by atoms with Crippen molar-refractivity contribution in [3.05, 3.63) is 54.1 Å². The standard InChI is InChI=1S/C19H20F3N3O4S/c1-25(2)13-24-30(27,28)17-12-14(10-11-23-18(26)19(20,21)22)8-9-16(17)29-15-6-4-3-5-7-15/h3-9,12-13H,10-11H2,1-2H3,(H,23,26). The number of hydrogen-bond donors (Lipinski definition) is 1. The Morgan fingerprint density at radius 1 is 1.17 bits per heavy atom. The zero-order valence-corrected chi connectivity index (χ0v) is 17.0. The summed E-state index contributed by atoms with van der Waals surface area (Å²) in [6.07, 6.45) is -3.89. The van der Waals surface area contributed by atoms with Crippen molar-refractivity contribution in [1.82, 2.24) is 10.2 Å². The Labute approximate surface area is 172 Å². The molecule has 0 saturated carbocycles. The van der Waals surface area contributed by atoms with Crippen molar-refractivity contribution in [3.8, 4) is 11.5 Å². The van der Waals surface area contributed by atoms with Crippen LogP contribution in [-0.4, -0.2) is 52.4 Å². The number of rotatable bonds is 8. The molecular formula is C19H20F3N3O4S. The van der Waals surface area contributed by atoms with Crippen molar-refractivity contribution in [2.24, 2.45) is 4.40 Å². The van der Waals surface area contributed by atoms with Crippen molar-refractivity contribution in [1.29, 1.82) is 0 Å². The van der Waals surface area contributed by atoms with E-state index in [-0.39, 0.29) is 23.6 Å². The Morgan fingerprint density at radius 2 is 1.83 bits per heavy atom. The van der Waals surface area contributed by atoms with Crippen LogP contribution in [0.1, 0.15) is 5.56 Å². The third-order valence-corrected chi connectivity index (χ3v) is 4.88. The number of ether oxygens (including phenoxy) is 1. The highest BCUT2D eigenvalue weighted by Gasteiger charge is 2.38. The van der Waals surface area contributed by atoms with E-state index in [4.69, 9.17) is 4.74 Å². The average Bonchev–Trinajstić information content (AvgIpc) is 2.67. The molecule has 7 nitrogen and oxygen atoms in total. The van der Waals surface area contributed by atoms with Crippen molar-refractivity contribution < 1.29 is 31.1 Å². The minimum Gasteiger partial charge on any atom is -0.456 e. The van der Waals surface area contributed by atoms with Crippen LogP contribution >= 0.6 is 0 Å². The summed E-state index contributed by atoms with van der Waals surface area (Å²) < 4.78 is 71.5. The lowest BCUT2D eigenvalue weighted by Crippen LogP contribution is -2.37. The number of para-hydroxylation sites is 1. The number of carbonyl (C=O) groups excluding carboxylic acids is 1. The molecule has 1 N–H and O–H groups in total. The third-order valence-electron chi connectivity index (χ3n) is 3.63. The van der Waals surface area contributed by atoms with Gasteiger partial charge in [-0.3, -0.25) is 4.79 Å². The van der Waals surface area contributed by atoms with Crippen molar-refractivity contribution in [2.75, 3.05) is 20.6 Å². The second-order valence-corrected chi connectivity index (χ2v) is 7.96. The number of benzene rings is 2. The molecule has 0 saturated heterocycles. The summed E-state index contributed by atoms with van der Waals surface area (Å²) in [5.74, 6) is -1.65. The molecule has 0 aliphatic carbocycles. The molecule has 2 aromatic rings. The molecule has 0 atom stereocenters. The zero-order valence-electron chi connectivity index (χ0n) is 16.2. The number of carbonyl (C=O) groups is 1. The molecule has 0 spiro atoms. The summed E-state index contributed by atoms with van der Waals surface area (Å²) in [5, 5.41) is 1.74. The maximum atomic E-state index is 12.7. The number of nitrogens with one attached hydrogen (secondary N) is 1. The fraction of sp³-hybridized carbons (Fsp3) is 0.263. The second kappa shape index (κ2) is 9.61. The fourth-order valence-corrected chi connectivity index (χ4v) is 3.33. The summed E-state index contributed by atoms with van der Waals surface area (Å²) >= 11 is 0. The van der Waals surface area contributed by atoms with Gasteiger partial charge in [-0.25, -0.2) is 0 Å². The van der Waals surface area contributed by atoms with Crippen LogP contribution in [-0.2, 0) is 21.2 Å². The van der Waals surface area contributed by atoms with E-state index in [9.17, 15) is 26.4 Å². The highest BCUT2D eigenvalue weighted by atomic mass is 32.2. The van der Waals surface area contributed by atoms with Crippen molar-refractivity contribution >= 4 is 22.3 Å². The molecule has 0 unspecified atom stereocenters. The molecular weight excluding hydrogens is 423 g/mol. The van der Waals surface area contributed by atoms with Gasteiger partial charge in [-0.1, -0.05) is 24.3 Å². The number of amides is 1. The molecule has 0 aliphatic heterocycles. The van der Waals surface area contributed by atoms with Gasteiger partial charge in [0.05, 0.1) is 0 Å². The first-order valence-electron chi connectivity index (χ1n) is 8.67. The number of sulfonamides is 1. The highest BCUT2D eigenvalue weighted by molar-refractivity contribution is 7.90. The Balaban J connectivity index is 2.31. The van der Waals surface area contributed by atoms with Crippen molar-refractivity contribution in [2.45, 2.75) is 17.5 Å². The van der Waals surface area contributed by atoms with Crippen LogP contribution < -0.4 is 10.1 Å². The van der Waals surface area contributed by atoms with Gasteiger partial charge < -0.3 is 15.0 Å². The summed E-state index contributed by atoms with van der Waals surface area (Å²) in [5.41, 5.74) is 0.386. The number of nitrogens with zero attached hydrogens (tertiary/aromatic N) is 2. The van der Waals surface area contributed by atoms with Crippen LogP contribution in [0.3, 0.4) is 0 Å². The van der Waals surface area contributed by atoms with Gasteiger partial charge in [-0.05, 0) is 36.2 Å². The quantitative estimate of drug-likeness (QED) is 0.501.